The van der Waals surface area contributed by atoms with Gasteiger partial charge in [0, 0.05) is 0 Å². The highest BCUT2D eigenvalue weighted by molar-refractivity contribution is 7.41. The third kappa shape index (κ3) is 13.7. The van der Waals surface area contributed by atoms with Gasteiger partial charge in [-0.15, -0.1) is 16.4 Å². The average molecular weight is 328 g/mol. The summed E-state index contributed by atoms with van der Waals surface area (Å²) in [5, 5.41) is 3.59. The van der Waals surface area contributed by atoms with Crippen LogP contribution in [0, 0.1) is 0 Å². The molecule has 124 valence electrons. The van der Waals surface area contributed by atoms with Crippen molar-refractivity contribution in [3.8, 4) is 0 Å². The van der Waals surface area contributed by atoms with Gasteiger partial charge in [-0.2, -0.15) is 0 Å². The lowest BCUT2D eigenvalue weighted by Gasteiger charge is -2.04. The minimum Gasteiger partial charge on any atom is -0.105 e. The normalized spacial score (nSPS) is 13.0. The quantitative estimate of drug-likeness (QED) is 0.227. The molecule has 0 spiro atoms. The van der Waals surface area contributed by atoms with Gasteiger partial charge in [0.25, 0.3) is 0 Å². The van der Waals surface area contributed by atoms with Crippen LogP contribution in [0.2, 0.25) is 0 Å². The minimum absolute atomic E-state index is 1.30. The first-order valence-electron chi connectivity index (χ1n) is 9.32. The van der Waals surface area contributed by atoms with Crippen molar-refractivity contribution in [2.24, 2.45) is 0 Å². The fraction of sp³-hybridized carbons (Fsp3) is 0.895. The first-order valence-corrected chi connectivity index (χ1v) is 11.5. The van der Waals surface area contributed by atoms with E-state index in [0.29, 0.717) is 0 Å². The Morgan fingerprint density at radius 3 is 1.33 bits per heavy atom. The van der Waals surface area contributed by atoms with Crippen LogP contribution in [0.15, 0.2) is 0 Å². The fourth-order valence-electron chi connectivity index (χ4n) is 2.44. The molecule has 0 bridgehead atoms. The van der Waals surface area contributed by atoms with Gasteiger partial charge in [0.15, 0.2) is 0 Å². The van der Waals surface area contributed by atoms with Crippen LogP contribution >= 0.6 is 16.4 Å². The van der Waals surface area contributed by atoms with E-state index in [1.165, 1.54) is 83.0 Å². The second-order valence-electron chi connectivity index (χ2n) is 5.87. The van der Waals surface area contributed by atoms with Crippen molar-refractivity contribution in [3.05, 3.63) is 0 Å². The highest BCUT2D eigenvalue weighted by atomic mass is 31.1. The van der Waals surface area contributed by atoms with Gasteiger partial charge >= 0.3 is 0 Å². The molecular weight excluding hydrogens is 290 g/mol. The lowest BCUT2D eigenvalue weighted by molar-refractivity contribution is 0.741. The molecule has 2 heteroatoms. The zero-order valence-electron chi connectivity index (χ0n) is 15.1. The zero-order chi connectivity index (χ0) is 15.8. The first kappa shape index (κ1) is 21.3. The van der Waals surface area contributed by atoms with Crippen molar-refractivity contribution in [2.45, 2.75) is 98.3 Å². The molecule has 0 heterocycles. The second-order valence-corrected chi connectivity index (χ2v) is 8.66. The van der Waals surface area contributed by atoms with Gasteiger partial charge in [-0.05, 0) is 67.9 Å². The monoisotopic (exact) mass is 328 g/mol. The van der Waals surface area contributed by atoms with Crippen molar-refractivity contribution in [1.29, 1.82) is 0 Å². The van der Waals surface area contributed by atoms with E-state index in [2.05, 4.69) is 27.7 Å². The van der Waals surface area contributed by atoms with Gasteiger partial charge in [-0.3, -0.25) is 0 Å². The van der Waals surface area contributed by atoms with Crippen LogP contribution < -0.4 is 0 Å². The van der Waals surface area contributed by atoms with Crippen LogP contribution in [0.1, 0.15) is 98.3 Å². The lowest BCUT2D eigenvalue weighted by atomic mass is 10.1. The van der Waals surface area contributed by atoms with E-state index in [9.17, 15) is 0 Å². The van der Waals surface area contributed by atoms with Gasteiger partial charge < -0.3 is 0 Å². The van der Waals surface area contributed by atoms with E-state index < -0.39 is 0 Å². The summed E-state index contributed by atoms with van der Waals surface area (Å²) in [6.07, 6.45) is 17.9. The Labute approximate surface area is 138 Å². The fourth-order valence-corrected chi connectivity index (χ4v) is 5.03. The summed E-state index contributed by atoms with van der Waals surface area (Å²) in [5.41, 5.74) is 0. The first-order chi connectivity index (χ1) is 10.3. The third-order valence-corrected chi connectivity index (χ3v) is 6.99. The predicted molar refractivity (Wildman–Crippen MR) is 107 cm³/mol. The maximum Gasteiger partial charge on any atom is -0.0100 e. The molecule has 0 aromatic carbocycles. The molecule has 0 atom stereocenters. The van der Waals surface area contributed by atoms with Gasteiger partial charge in [0.2, 0.25) is 0 Å². The largest absolute Gasteiger partial charge is 0.105 e. The van der Waals surface area contributed by atoms with Crippen molar-refractivity contribution in [1.82, 2.24) is 0 Å². The van der Waals surface area contributed by atoms with E-state index in [1.54, 1.807) is 27.0 Å². The number of hydrogen-bond donors (Lipinski definition) is 0. The molecule has 0 radical (unpaired) electrons. The van der Waals surface area contributed by atoms with Crippen LogP contribution in [0.4, 0.5) is 0 Å². The summed E-state index contributed by atoms with van der Waals surface area (Å²) in [4.78, 5) is 0. The van der Waals surface area contributed by atoms with Gasteiger partial charge in [0.05, 0.1) is 0 Å². The molecule has 0 amide bonds. The molecule has 0 aliphatic rings. The van der Waals surface area contributed by atoms with Crippen molar-refractivity contribution in [2.75, 3.05) is 12.3 Å². The van der Waals surface area contributed by atoms with Crippen LogP contribution in [0.25, 0.3) is 0 Å². The summed E-state index contributed by atoms with van der Waals surface area (Å²) in [5.74, 6) is 0. The molecule has 0 nitrogen and oxygen atoms in total. The SMILES string of the molecule is CCCCCC(CC)=PCCCP=C(CC)CCCCC. The van der Waals surface area contributed by atoms with Crippen LogP contribution in [0.5, 0.6) is 0 Å². The van der Waals surface area contributed by atoms with Gasteiger partial charge in [0.1, 0.15) is 0 Å². The number of rotatable bonds is 14. The number of unbranched alkanes of at least 4 members (excludes halogenated alkanes) is 4. The summed E-state index contributed by atoms with van der Waals surface area (Å²) in [6.45, 7) is 9.27. The van der Waals surface area contributed by atoms with E-state index in [1.807, 2.05) is 0 Å². The summed E-state index contributed by atoms with van der Waals surface area (Å²) >= 11 is 0. The predicted octanol–water partition coefficient (Wildman–Crippen LogP) is 7.59. The van der Waals surface area contributed by atoms with Gasteiger partial charge in [-0.1, -0.05) is 53.4 Å². The molecule has 0 N–H and O–H groups in total. The lowest BCUT2D eigenvalue weighted by Crippen LogP contribution is -1.95. The molecule has 0 aliphatic carbocycles. The molecule has 0 aromatic rings. The zero-order valence-corrected chi connectivity index (χ0v) is 16.9. The van der Waals surface area contributed by atoms with Crippen molar-refractivity contribution < 1.29 is 0 Å². The number of hydrogen-bond acceptors (Lipinski definition) is 0. The molecule has 0 aliphatic heterocycles. The molecule has 0 unspecified atom stereocenters. The highest BCUT2D eigenvalue weighted by Gasteiger charge is 1.97. The Balaban J connectivity index is 3.87. The molecule has 0 fully saturated rings. The van der Waals surface area contributed by atoms with Gasteiger partial charge in [-0.25, -0.2) is 0 Å². The molecular formula is C19H38P2. The van der Waals surface area contributed by atoms with Crippen molar-refractivity contribution in [3.63, 3.8) is 0 Å². The molecule has 0 rings (SSSR count). The van der Waals surface area contributed by atoms with Crippen LogP contribution in [-0.2, 0) is 0 Å². The Morgan fingerprint density at radius 2 is 1.00 bits per heavy atom. The molecule has 0 aromatic heterocycles. The Bertz CT molecular complexity index is 251. The maximum absolute atomic E-state index is 2.34. The van der Waals surface area contributed by atoms with E-state index >= 15 is 0 Å². The molecule has 0 saturated carbocycles. The van der Waals surface area contributed by atoms with E-state index in [4.69, 9.17) is 0 Å². The maximum atomic E-state index is 2.34. The van der Waals surface area contributed by atoms with Crippen LogP contribution in [0.3, 0.4) is 0 Å². The van der Waals surface area contributed by atoms with Crippen LogP contribution in [-0.4, -0.2) is 22.9 Å². The van der Waals surface area contributed by atoms with Crippen molar-refractivity contribution >= 4 is 27.0 Å². The Kier molecular flexibility index (Phi) is 17.0. The third-order valence-electron chi connectivity index (χ3n) is 3.94. The van der Waals surface area contributed by atoms with E-state index in [0.717, 1.165) is 0 Å². The van der Waals surface area contributed by atoms with E-state index in [-0.39, 0.29) is 0 Å². The molecule has 0 saturated heterocycles. The Morgan fingerprint density at radius 1 is 0.571 bits per heavy atom. The topological polar surface area (TPSA) is 0 Å². The second kappa shape index (κ2) is 16.7. The summed E-state index contributed by atoms with van der Waals surface area (Å²) in [7, 11) is 3.30. The average Bonchev–Trinajstić information content (AvgIpc) is 2.51. The minimum atomic E-state index is 1.30. The summed E-state index contributed by atoms with van der Waals surface area (Å²) in [6, 6.07) is 0. The summed E-state index contributed by atoms with van der Waals surface area (Å²) < 4.78 is 0. The standard InChI is InChI=1S/C19H38P2/c1-5-9-11-14-18(7-3)20-16-13-17-21-19(8-4)15-12-10-6-2/h5-17H2,1-4H3. The molecule has 21 heavy (non-hydrogen) atoms. The Hall–Kier alpha value is 0.340. The smallest absolute Gasteiger partial charge is 0.0100 e. The highest BCUT2D eigenvalue weighted by Crippen LogP contribution is 2.16.